The van der Waals surface area contributed by atoms with E-state index in [9.17, 15) is 14.0 Å². The van der Waals surface area contributed by atoms with Gasteiger partial charge in [0.1, 0.15) is 17.7 Å². The third kappa shape index (κ3) is 3.40. The molecule has 2 aliphatic rings. The second-order valence-corrected chi connectivity index (χ2v) is 7.97. The third-order valence-electron chi connectivity index (χ3n) is 5.47. The van der Waals surface area contributed by atoms with E-state index in [1.807, 2.05) is 4.90 Å². The molecule has 0 saturated carbocycles. The molecule has 0 radical (unpaired) electrons. The molecular weight excluding hydrogens is 371 g/mol. The first-order valence-corrected chi connectivity index (χ1v) is 9.73. The highest BCUT2D eigenvalue weighted by atomic mass is 35.5. The van der Waals surface area contributed by atoms with Crippen molar-refractivity contribution in [2.45, 2.75) is 45.2 Å². The van der Waals surface area contributed by atoms with Crippen LogP contribution in [0.15, 0.2) is 23.0 Å². The van der Waals surface area contributed by atoms with Gasteiger partial charge < -0.3 is 4.90 Å². The lowest BCUT2D eigenvalue weighted by atomic mass is 10.0. The molecule has 8 heteroatoms. The number of carbonyl (C=O) groups is 1. The van der Waals surface area contributed by atoms with Crippen LogP contribution in [-0.4, -0.2) is 38.2 Å². The van der Waals surface area contributed by atoms with Crippen LogP contribution in [0.25, 0.3) is 0 Å². The molecule has 0 N–H and O–H groups in total. The van der Waals surface area contributed by atoms with Crippen LogP contribution in [0.3, 0.4) is 0 Å². The van der Waals surface area contributed by atoms with Gasteiger partial charge in [-0.1, -0.05) is 24.6 Å². The molecule has 1 saturated heterocycles. The van der Waals surface area contributed by atoms with Crippen molar-refractivity contribution in [1.29, 1.82) is 0 Å². The van der Waals surface area contributed by atoms with Crippen molar-refractivity contribution in [3.63, 3.8) is 0 Å². The fourth-order valence-corrected chi connectivity index (χ4v) is 4.23. The van der Waals surface area contributed by atoms with Crippen LogP contribution < -0.4 is 5.69 Å². The van der Waals surface area contributed by atoms with Gasteiger partial charge >= 0.3 is 5.69 Å². The lowest BCUT2D eigenvalue weighted by Crippen LogP contribution is -2.41. The number of likely N-dealkylation sites (tertiary alicyclic amines) is 1. The number of rotatable bonds is 3. The van der Waals surface area contributed by atoms with E-state index in [1.165, 1.54) is 16.8 Å². The van der Waals surface area contributed by atoms with E-state index < -0.39 is 11.9 Å². The Labute approximate surface area is 161 Å². The Morgan fingerprint density at radius 3 is 2.89 bits per heavy atom. The molecule has 144 valence electrons. The quantitative estimate of drug-likeness (QED) is 0.806. The van der Waals surface area contributed by atoms with Crippen LogP contribution in [0.5, 0.6) is 0 Å². The SMILES string of the molecule is C[C@H]1CCN(C(=O)C2CCCc3nn(Cc4ccc(F)c(Cl)c4)c(=O)n32)C1. The standard InChI is InChI=1S/C19H22ClFN4O2/c1-12-7-8-23(10-12)18(26)16-3-2-4-17-22-24(19(27)25(16)17)11-13-5-6-15(21)14(20)9-13/h5-6,9,12,16H,2-4,7-8,10-11H2,1H3/t12-,16?/m0/s1. The summed E-state index contributed by atoms with van der Waals surface area (Å²) in [6, 6.07) is 3.88. The van der Waals surface area contributed by atoms with Crippen molar-refractivity contribution in [2.75, 3.05) is 13.1 Å². The summed E-state index contributed by atoms with van der Waals surface area (Å²) < 4.78 is 16.3. The molecule has 6 nitrogen and oxygen atoms in total. The molecule has 2 aliphatic heterocycles. The monoisotopic (exact) mass is 392 g/mol. The summed E-state index contributed by atoms with van der Waals surface area (Å²) in [6.45, 7) is 3.84. The minimum absolute atomic E-state index is 0.0146. The van der Waals surface area contributed by atoms with Gasteiger partial charge in [0.2, 0.25) is 5.91 Å². The molecule has 1 aromatic carbocycles. The lowest BCUT2D eigenvalue weighted by molar-refractivity contribution is -0.134. The maximum absolute atomic E-state index is 13.4. The molecule has 0 aliphatic carbocycles. The number of aromatic nitrogens is 3. The Bertz CT molecular complexity index is 938. The van der Waals surface area contributed by atoms with Gasteiger partial charge in [-0.3, -0.25) is 9.36 Å². The Morgan fingerprint density at radius 2 is 2.19 bits per heavy atom. The van der Waals surface area contributed by atoms with Crippen molar-refractivity contribution >= 4 is 17.5 Å². The van der Waals surface area contributed by atoms with E-state index in [0.717, 1.165) is 25.9 Å². The van der Waals surface area contributed by atoms with Crippen molar-refractivity contribution in [3.8, 4) is 0 Å². The Balaban J connectivity index is 1.62. The summed E-state index contributed by atoms with van der Waals surface area (Å²) >= 11 is 5.83. The van der Waals surface area contributed by atoms with Crippen LogP contribution in [0, 0.1) is 11.7 Å². The van der Waals surface area contributed by atoms with Gasteiger partial charge in [0.25, 0.3) is 0 Å². The molecule has 27 heavy (non-hydrogen) atoms. The number of hydrogen-bond donors (Lipinski definition) is 0. The van der Waals surface area contributed by atoms with E-state index in [-0.39, 0.29) is 23.2 Å². The number of fused-ring (bicyclic) bond motifs is 1. The minimum Gasteiger partial charge on any atom is -0.341 e. The first-order valence-electron chi connectivity index (χ1n) is 9.35. The Kier molecular flexibility index (Phi) is 4.80. The zero-order valence-corrected chi connectivity index (χ0v) is 16.0. The average Bonchev–Trinajstić information content (AvgIpc) is 3.21. The van der Waals surface area contributed by atoms with Crippen molar-refractivity contribution in [3.05, 3.63) is 50.9 Å². The van der Waals surface area contributed by atoms with Gasteiger partial charge in [0.15, 0.2) is 0 Å². The molecule has 4 rings (SSSR count). The summed E-state index contributed by atoms with van der Waals surface area (Å²) in [4.78, 5) is 27.8. The highest BCUT2D eigenvalue weighted by Crippen LogP contribution is 2.27. The summed E-state index contributed by atoms with van der Waals surface area (Å²) in [6.07, 6.45) is 3.17. The van der Waals surface area contributed by atoms with Crippen LogP contribution in [-0.2, 0) is 17.8 Å². The molecule has 1 amide bonds. The average molecular weight is 393 g/mol. The molecule has 1 unspecified atom stereocenters. The van der Waals surface area contributed by atoms with Crippen molar-refractivity contribution in [1.82, 2.24) is 19.2 Å². The second kappa shape index (κ2) is 7.11. The van der Waals surface area contributed by atoms with Crippen LogP contribution in [0.2, 0.25) is 5.02 Å². The number of amides is 1. The number of nitrogens with zero attached hydrogens (tertiary/aromatic N) is 4. The van der Waals surface area contributed by atoms with Gasteiger partial charge in [-0.2, -0.15) is 5.10 Å². The summed E-state index contributed by atoms with van der Waals surface area (Å²) in [5.74, 6) is 0.666. The van der Waals surface area contributed by atoms with Crippen LogP contribution >= 0.6 is 11.6 Å². The van der Waals surface area contributed by atoms with Gasteiger partial charge in [-0.15, -0.1) is 0 Å². The van der Waals surface area contributed by atoms with Crippen molar-refractivity contribution < 1.29 is 9.18 Å². The first-order chi connectivity index (χ1) is 12.9. The van der Waals surface area contributed by atoms with Gasteiger partial charge in [-0.25, -0.2) is 13.9 Å². The molecule has 2 aromatic rings. The highest BCUT2D eigenvalue weighted by molar-refractivity contribution is 6.30. The molecule has 0 bridgehead atoms. The summed E-state index contributed by atoms with van der Waals surface area (Å²) in [5, 5.41) is 4.45. The zero-order chi connectivity index (χ0) is 19.1. The number of carbonyl (C=O) groups excluding carboxylic acids is 1. The fraction of sp³-hybridized carbons (Fsp3) is 0.526. The number of hydrogen-bond acceptors (Lipinski definition) is 3. The van der Waals surface area contributed by atoms with Crippen molar-refractivity contribution in [2.24, 2.45) is 5.92 Å². The zero-order valence-electron chi connectivity index (χ0n) is 15.2. The van der Waals surface area contributed by atoms with Crippen LogP contribution in [0.4, 0.5) is 4.39 Å². The van der Waals surface area contributed by atoms with Gasteiger partial charge in [0.05, 0.1) is 11.6 Å². The maximum Gasteiger partial charge on any atom is 0.346 e. The van der Waals surface area contributed by atoms with E-state index in [1.54, 1.807) is 10.6 Å². The fourth-order valence-electron chi connectivity index (χ4n) is 4.03. The van der Waals surface area contributed by atoms with E-state index in [0.29, 0.717) is 30.1 Å². The molecule has 1 aromatic heterocycles. The molecule has 3 heterocycles. The molecule has 2 atom stereocenters. The topological polar surface area (TPSA) is 60.1 Å². The van der Waals surface area contributed by atoms with E-state index >= 15 is 0 Å². The Morgan fingerprint density at radius 1 is 1.37 bits per heavy atom. The molecule has 0 spiro atoms. The predicted octanol–water partition coefficient (Wildman–Crippen LogP) is 2.63. The van der Waals surface area contributed by atoms with E-state index in [2.05, 4.69) is 12.0 Å². The smallest absolute Gasteiger partial charge is 0.341 e. The summed E-state index contributed by atoms with van der Waals surface area (Å²) in [5.41, 5.74) is 0.394. The normalized spacial score (nSPS) is 22.1. The second-order valence-electron chi connectivity index (χ2n) is 7.56. The highest BCUT2D eigenvalue weighted by Gasteiger charge is 2.35. The van der Waals surface area contributed by atoms with Gasteiger partial charge in [0, 0.05) is 19.5 Å². The molecular formula is C19H22ClFN4O2. The van der Waals surface area contributed by atoms with Crippen LogP contribution in [0.1, 0.15) is 43.6 Å². The number of aryl methyl sites for hydroxylation is 1. The minimum atomic E-state index is -0.498. The third-order valence-corrected chi connectivity index (χ3v) is 5.76. The number of halogens is 2. The number of benzene rings is 1. The van der Waals surface area contributed by atoms with Gasteiger partial charge in [-0.05, 0) is 42.9 Å². The largest absolute Gasteiger partial charge is 0.346 e. The molecule has 1 fully saturated rings. The first kappa shape index (κ1) is 18.2. The lowest BCUT2D eigenvalue weighted by Gasteiger charge is -2.27. The maximum atomic E-state index is 13.4. The summed E-state index contributed by atoms with van der Waals surface area (Å²) in [7, 11) is 0. The Hall–Kier alpha value is -2.15. The van der Waals surface area contributed by atoms with E-state index in [4.69, 9.17) is 11.6 Å². The predicted molar refractivity (Wildman–Crippen MR) is 99.3 cm³/mol.